The number of carboxylic acid groups (broad SMARTS) is 2. The van der Waals surface area contributed by atoms with Gasteiger partial charge in [-0.2, -0.15) is 0 Å². The lowest BCUT2D eigenvalue weighted by Gasteiger charge is -2.40. The number of carbonyl (C=O) groups excluding carboxylic acids is 2. The van der Waals surface area contributed by atoms with Crippen molar-refractivity contribution in [2.24, 2.45) is 5.92 Å². The lowest BCUT2D eigenvalue weighted by molar-refractivity contribution is -0.151. The molecule has 0 radical (unpaired) electrons. The number of fused-ring (bicyclic) bond motifs is 1. The summed E-state index contributed by atoms with van der Waals surface area (Å²) in [6, 6.07) is 15.0. The van der Waals surface area contributed by atoms with Crippen molar-refractivity contribution < 1.29 is 29.4 Å². The summed E-state index contributed by atoms with van der Waals surface area (Å²) in [6.07, 6.45) is 1.73. The molecule has 196 valence electrons. The summed E-state index contributed by atoms with van der Waals surface area (Å²) in [5.74, 6) is -2.80. The number of nitrogens with one attached hydrogen (secondary N) is 1. The number of hydrogen-bond donors (Lipinski definition) is 3. The Labute approximate surface area is 216 Å². The molecule has 0 aromatic heterocycles. The highest BCUT2D eigenvalue weighted by atomic mass is 16.4. The number of aryl methyl sites for hydroxylation is 1. The van der Waals surface area contributed by atoms with Gasteiger partial charge >= 0.3 is 11.9 Å². The number of benzene rings is 2. The Balaban J connectivity index is 1.47. The van der Waals surface area contributed by atoms with Crippen LogP contribution in [0.2, 0.25) is 0 Å². The number of carbonyl (C=O) groups is 4. The van der Waals surface area contributed by atoms with Gasteiger partial charge in [-0.1, -0.05) is 48.5 Å². The lowest BCUT2D eigenvalue weighted by Crippen LogP contribution is -2.58. The third kappa shape index (κ3) is 5.99. The van der Waals surface area contributed by atoms with E-state index in [2.05, 4.69) is 5.32 Å². The molecule has 0 bridgehead atoms. The first-order valence-electron chi connectivity index (χ1n) is 12.7. The maximum Gasteiger partial charge on any atom is 0.326 e. The Hall–Kier alpha value is -3.72. The van der Waals surface area contributed by atoms with Gasteiger partial charge in [-0.25, -0.2) is 4.79 Å². The number of likely N-dealkylation sites (tertiary alicyclic amines) is 2. The van der Waals surface area contributed by atoms with E-state index < -0.39 is 42.0 Å². The number of aliphatic carboxylic acids is 2. The van der Waals surface area contributed by atoms with E-state index in [1.807, 2.05) is 36.4 Å². The molecule has 2 amide bonds. The summed E-state index contributed by atoms with van der Waals surface area (Å²) >= 11 is 0. The Morgan fingerprint density at radius 1 is 1.00 bits per heavy atom. The van der Waals surface area contributed by atoms with E-state index in [0.717, 1.165) is 5.56 Å². The fourth-order valence-corrected chi connectivity index (χ4v) is 5.52. The average Bonchev–Trinajstić information content (AvgIpc) is 3.30. The molecule has 2 aliphatic rings. The zero-order chi connectivity index (χ0) is 26.5. The van der Waals surface area contributed by atoms with E-state index >= 15 is 0 Å². The van der Waals surface area contributed by atoms with Gasteiger partial charge in [0.25, 0.3) is 5.91 Å². The zero-order valence-electron chi connectivity index (χ0n) is 20.8. The second kappa shape index (κ2) is 11.6. The third-order valence-electron chi connectivity index (χ3n) is 7.47. The van der Waals surface area contributed by atoms with Crippen LogP contribution in [0.15, 0.2) is 60.7 Å². The first-order chi connectivity index (χ1) is 17.8. The molecule has 3 N–H and O–H groups in total. The van der Waals surface area contributed by atoms with Gasteiger partial charge in [-0.05, 0) is 56.2 Å². The molecule has 0 saturated carbocycles. The molecule has 2 aromatic rings. The molecular weight excluding hydrogens is 474 g/mol. The monoisotopic (exact) mass is 507 g/mol. The molecule has 9 heteroatoms. The Morgan fingerprint density at radius 2 is 1.65 bits per heavy atom. The van der Waals surface area contributed by atoms with E-state index in [0.29, 0.717) is 31.4 Å². The number of hydrogen-bond acceptors (Lipinski definition) is 5. The summed E-state index contributed by atoms with van der Waals surface area (Å²) in [5, 5.41) is 22.6. The maximum absolute atomic E-state index is 13.6. The van der Waals surface area contributed by atoms with Crippen LogP contribution in [-0.2, 0) is 20.8 Å². The van der Waals surface area contributed by atoms with Crippen molar-refractivity contribution in [1.82, 2.24) is 15.1 Å². The smallest absolute Gasteiger partial charge is 0.326 e. The predicted octanol–water partition coefficient (Wildman–Crippen LogP) is 2.27. The molecule has 2 saturated heterocycles. The Morgan fingerprint density at radius 3 is 2.27 bits per heavy atom. The van der Waals surface area contributed by atoms with Crippen LogP contribution in [0.3, 0.4) is 0 Å². The quantitative estimate of drug-likeness (QED) is 0.475. The Bertz CT molecular complexity index is 1130. The second-order valence-corrected chi connectivity index (χ2v) is 9.87. The number of nitrogens with zero attached hydrogens (tertiary/aromatic N) is 2. The van der Waals surface area contributed by atoms with Gasteiger partial charge in [-0.3, -0.25) is 19.7 Å². The van der Waals surface area contributed by atoms with Gasteiger partial charge in [-0.15, -0.1) is 0 Å². The molecule has 0 aliphatic carbocycles. The van der Waals surface area contributed by atoms with Crippen molar-refractivity contribution in [3.8, 4) is 0 Å². The molecule has 2 heterocycles. The number of piperidine rings is 1. The van der Waals surface area contributed by atoms with E-state index in [9.17, 15) is 29.4 Å². The van der Waals surface area contributed by atoms with Gasteiger partial charge in [0, 0.05) is 18.7 Å². The van der Waals surface area contributed by atoms with Crippen molar-refractivity contribution in [3.05, 3.63) is 71.8 Å². The molecular formula is C28H33N3O6. The van der Waals surface area contributed by atoms with Crippen LogP contribution in [0.25, 0.3) is 0 Å². The zero-order valence-corrected chi connectivity index (χ0v) is 20.8. The molecule has 9 nitrogen and oxygen atoms in total. The number of rotatable bonds is 9. The molecule has 0 spiro atoms. The highest BCUT2D eigenvalue weighted by Gasteiger charge is 2.50. The first kappa shape index (κ1) is 26.3. The van der Waals surface area contributed by atoms with Crippen molar-refractivity contribution >= 4 is 23.8 Å². The fraction of sp³-hybridized carbons (Fsp3) is 0.429. The standard InChI is InChI=1S/C28H33N3O6/c1-18(29-22(27(34)35)13-12-19-8-4-2-5-9-19)25(32)31-23(28(36)37)16-21-14-15-30(17-24(21)31)26(33)20-10-6-3-7-11-20/h2-11,18,21-24,29H,12-17H2,1H3,(H,34,35)(H,36,37)/t18-,21-,22-,23-,24+/m1/s1. The molecule has 5 atom stereocenters. The van der Waals surface area contributed by atoms with E-state index in [1.54, 1.807) is 36.1 Å². The minimum absolute atomic E-state index is 0.0366. The van der Waals surface area contributed by atoms with Gasteiger partial charge < -0.3 is 20.0 Å². The minimum atomic E-state index is -1.09. The van der Waals surface area contributed by atoms with Crippen LogP contribution in [0.5, 0.6) is 0 Å². The highest BCUT2D eigenvalue weighted by molar-refractivity contribution is 5.94. The number of amides is 2. The van der Waals surface area contributed by atoms with Crippen molar-refractivity contribution in [1.29, 1.82) is 0 Å². The van der Waals surface area contributed by atoms with Gasteiger partial charge in [0.1, 0.15) is 12.1 Å². The first-order valence-corrected chi connectivity index (χ1v) is 12.7. The largest absolute Gasteiger partial charge is 0.480 e. The van der Waals surface area contributed by atoms with Gasteiger partial charge in [0.15, 0.2) is 0 Å². The Kier molecular flexibility index (Phi) is 8.23. The van der Waals surface area contributed by atoms with Crippen molar-refractivity contribution in [3.63, 3.8) is 0 Å². The van der Waals surface area contributed by atoms with Crippen LogP contribution in [0.4, 0.5) is 0 Å². The SMILES string of the molecule is C[C@@H](N[C@H](CCc1ccccc1)C(=O)O)C(=O)N1[C@@H](C(=O)O)C[C@H]2CCN(C(=O)c3ccccc3)C[C@@H]21. The van der Waals surface area contributed by atoms with Crippen molar-refractivity contribution in [2.75, 3.05) is 13.1 Å². The lowest BCUT2D eigenvalue weighted by atomic mass is 9.91. The predicted molar refractivity (Wildman–Crippen MR) is 136 cm³/mol. The molecule has 2 fully saturated rings. The summed E-state index contributed by atoms with van der Waals surface area (Å²) in [5.41, 5.74) is 1.54. The highest BCUT2D eigenvalue weighted by Crippen LogP contribution is 2.37. The van der Waals surface area contributed by atoms with E-state index in [1.165, 1.54) is 4.90 Å². The summed E-state index contributed by atoms with van der Waals surface area (Å²) in [6.45, 7) is 2.32. The topological polar surface area (TPSA) is 127 Å². The van der Waals surface area contributed by atoms with Crippen LogP contribution in [0.1, 0.15) is 42.1 Å². The van der Waals surface area contributed by atoms with Crippen LogP contribution in [-0.4, -0.2) is 81.0 Å². The molecule has 0 unspecified atom stereocenters. The number of carboxylic acids is 2. The third-order valence-corrected chi connectivity index (χ3v) is 7.47. The van der Waals surface area contributed by atoms with Crippen molar-refractivity contribution in [2.45, 2.75) is 56.8 Å². The summed E-state index contributed by atoms with van der Waals surface area (Å²) in [7, 11) is 0. The van der Waals surface area contributed by atoms with Crippen LogP contribution < -0.4 is 5.32 Å². The van der Waals surface area contributed by atoms with Crippen LogP contribution >= 0.6 is 0 Å². The second-order valence-electron chi connectivity index (χ2n) is 9.87. The molecule has 2 aliphatic heterocycles. The summed E-state index contributed by atoms with van der Waals surface area (Å²) < 4.78 is 0. The fourth-order valence-electron chi connectivity index (χ4n) is 5.52. The average molecular weight is 508 g/mol. The molecule has 4 rings (SSSR count). The van der Waals surface area contributed by atoms with Crippen LogP contribution in [0, 0.1) is 5.92 Å². The minimum Gasteiger partial charge on any atom is -0.480 e. The van der Waals surface area contributed by atoms with E-state index in [4.69, 9.17) is 0 Å². The summed E-state index contributed by atoms with van der Waals surface area (Å²) in [4.78, 5) is 53.8. The molecule has 37 heavy (non-hydrogen) atoms. The van der Waals surface area contributed by atoms with Gasteiger partial charge in [0.05, 0.1) is 12.1 Å². The van der Waals surface area contributed by atoms with Gasteiger partial charge in [0.2, 0.25) is 5.91 Å². The normalized spacial score (nSPS) is 22.7. The molecule has 2 aromatic carbocycles. The van der Waals surface area contributed by atoms with E-state index in [-0.39, 0.29) is 24.8 Å². The maximum atomic E-state index is 13.6.